The van der Waals surface area contributed by atoms with Crippen molar-refractivity contribution >= 4 is 17.5 Å². The van der Waals surface area contributed by atoms with Crippen LogP contribution in [0.25, 0.3) is 11.1 Å². The molecule has 0 unspecified atom stereocenters. The van der Waals surface area contributed by atoms with E-state index >= 15 is 0 Å². The Bertz CT molecular complexity index is 868. The van der Waals surface area contributed by atoms with E-state index < -0.39 is 6.04 Å². The number of hydrogen-bond donors (Lipinski definition) is 1. The second-order valence-electron chi connectivity index (χ2n) is 8.75. The molecule has 1 fully saturated rings. The van der Waals surface area contributed by atoms with Gasteiger partial charge < -0.3 is 15.0 Å². The lowest BCUT2D eigenvalue weighted by atomic mass is 9.91. The summed E-state index contributed by atoms with van der Waals surface area (Å²) in [4.78, 5) is 27.5. The number of amides is 2. The molecule has 1 atom stereocenters. The Morgan fingerprint density at radius 2 is 1.79 bits per heavy atom. The average molecular weight is 395 g/mol. The van der Waals surface area contributed by atoms with Gasteiger partial charge in [0.2, 0.25) is 11.8 Å². The Labute approximate surface area is 173 Å². The van der Waals surface area contributed by atoms with Gasteiger partial charge in [-0.15, -0.1) is 0 Å². The fourth-order valence-electron chi connectivity index (χ4n) is 3.72. The quantitative estimate of drug-likeness (QED) is 0.798. The predicted octanol–water partition coefficient (Wildman–Crippen LogP) is 4.73. The highest BCUT2D eigenvalue weighted by Gasteiger charge is 2.35. The maximum absolute atomic E-state index is 13.1. The van der Waals surface area contributed by atoms with Gasteiger partial charge in [0.25, 0.3) is 0 Å². The van der Waals surface area contributed by atoms with Gasteiger partial charge in [0, 0.05) is 24.2 Å². The van der Waals surface area contributed by atoms with Crippen molar-refractivity contribution in [2.24, 2.45) is 5.41 Å². The van der Waals surface area contributed by atoms with Crippen LogP contribution in [0.5, 0.6) is 5.75 Å². The number of nitrogens with one attached hydrogen (secondary N) is 1. The average Bonchev–Trinajstić information content (AvgIpc) is 3.17. The van der Waals surface area contributed by atoms with Crippen molar-refractivity contribution in [3.63, 3.8) is 0 Å². The number of rotatable bonds is 5. The highest BCUT2D eigenvalue weighted by atomic mass is 16.5. The Morgan fingerprint density at radius 3 is 2.45 bits per heavy atom. The van der Waals surface area contributed by atoms with E-state index in [-0.39, 0.29) is 17.2 Å². The number of methoxy groups -OCH3 is 1. The maximum Gasteiger partial charge on any atom is 0.247 e. The normalized spacial score (nSPS) is 16.6. The number of para-hydroxylation sites is 1. The van der Waals surface area contributed by atoms with Gasteiger partial charge in [-0.1, -0.05) is 51.1 Å². The first-order chi connectivity index (χ1) is 13.8. The van der Waals surface area contributed by atoms with Crippen LogP contribution in [0.2, 0.25) is 0 Å². The zero-order chi connectivity index (χ0) is 21.0. The molecule has 5 heteroatoms. The van der Waals surface area contributed by atoms with Crippen LogP contribution < -0.4 is 10.1 Å². The van der Waals surface area contributed by atoms with Crippen molar-refractivity contribution in [1.29, 1.82) is 0 Å². The van der Waals surface area contributed by atoms with Crippen LogP contribution in [0.15, 0.2) is 48.5 Å². The molecule has 1 aliphatic rings. The molecule has 0 radical (unpaired) electrons. The summed E-state index contributed by atoms with van der Waals surface area (Å²) in [5, 5.41) is 3.06. The summed E-state index contributed by atoms with van der Waals surface area (Å²) in [5.74, 6) is 0.721. The van der Waals surface area contributed by atoms with Gasteiger partial charge in [-0.2, -0.15) is 0 Å². The van der Waals surface area contributed by atoms with Crippen LogP contribution in [-0.4, -0.2) is 36.4 Å². The molecule has 3 rings (SSSR count). The van der Waals surface area contributed by atoms with Gasteiger partial charge >= 0.3 is 0 Å². The lowest BCUT2D eigenvalue weighted by molar-refractivity contribution is -0.138. The highest BCUT2D eigenvalue weighted by Crippen LogP contribution is 2.31. The molecular formula is C24H30N2O3. The van der Waals surface area contributed by atoms with Gasteiger partial charge in [-0.3, -0.25) is 9.59 Å². The zero-order valence-electron chi connectivity index (χ0n) is 17.7. The van der Waals surface area contributed by atoms with Crippen LogP contribution in [0.1, 0.15) is 40.0 Å². The van der Waals surface area contributed by atoms with Crippen molar-refractivity contribution in [3.8, 4) is 16.9 Å². The second-order valence-corrected chi connectivity index (χ2v) is 8.75. The van der Waals surface area contributed by atoms with E-state index in [1.54, 1.807) is 12.0 Å². The summed E-state index contributed by atoms with van der Waals surface area (Å²) < 4.78 is 5.23. The number of benzene rings is 2. The van der Waals surface area contributed by atoms with Gasteiger partial charge in [-0.05, 0) is 42.0 Å². The molecule has 0 bridgehead atoms. The number of anilines is 1. The van der Waals surface area contributed by atoms with Crippen LogP contribution in [0.4, 0.5) is 5.69 Å². The van der Waals surface area contributed by atoms with Gasteiger partial charge in [0.15, 0.2) is 0 Å². The predicted molar refractivity (Wildman–Crippen MR) is 116 cm³/mol. The maximum atomic E-state index is 13.1. The fraction of sp³-hybridized carbons (Fsp3) is 0.417. The molecule has 2 amide bonds. The molecule has 1 N–H and O–H groups in total. The minimum absolute atomic E-state index is 0.0542. The SMILES string of the molecule is COc1ccc(-c2ccccc2NC(=O)[C@H]2CCCN2C(=O)CC(C)(C)C)cc1. The topological polar surface area (TPSA) is 58.6 Å². The minimum Gasteiger partial charge on any atom is -0.497 e. The van der Waals surface area contributed by atoms with Crippen LogP contribution in [-0.2, 0) is 9.59 Å². The summed E-state index contributed by atoms with van der Waals surface area (Å²) in [6.07, 6.45) is 2.00. The molecule has 29 heavy (non-hydrogen) atoms. The number of likely N-dealkylation sites (tertiary alicyclic amines) is 1. The molecule has 0 aliphatic carbocycles. The van der Waals surface area contributed by atoms with Crippen molar-refractivity contribution in [3.05, 3.63) is 48.5 Å². The molecule has 0 spiro atoms. The number of nitrogens with zero attached hydrogens (tertiary/aromatic N) is 1. The molecular weight excluding hydrogens is 364 g/mol. The monoisotopic (exact) mass is 394 g/mol. The Balaban J connectivity index is 1.77. The molecule has 1 heterocycles. The second kappa shape index (κ2) is 8.68. The first-order valence-corrected chi connectivity index (χ1v) is 10.1. The first-order valence-electron chi connectivity index (χ1n) is 10.1. The van der Waals surface area contributed by atoms with Gasteiger partial charge in [0.05, 0.1) is 7.11 Å². The molecule has 154 valence electrons. The van der Waals surface area contributed by atoms with Crippen molar-refractivity contribution < 1.29 is 14.3 Å². The van der Waals surface area contributed by atoms with E-state index in [0.717, 1.165) is 29.0 Å². The molecule has 5 nitrogen and oxygen atoms in total. The first kappa shape index (κ1) is 20.9. The van der Waals surface area contributed by atoms with Crippen molar-refractivity contribution in [2.75, 3.05) is 19.0 Å². The molecule has 2 aromatic carbocycles. The summed E-state index contributed by atoms with van der Waals surface area (Å²) in [6.45, 7) is 6.77. The smallest absolute Gasteiger partial charge is 0.247 e. The van der Waals surface area contributed by atoms with Crippen molar-refractivity contribution in [1.82, 2.24) is 4.90 Å². The molecule has 0 saturated carbocycles. The molecule has 2 aromatic rings. The number of ether oxygens (including phenoxy) is 1. The molecule has 1 aliphatic heterocycles. The largest absolute Gasteiger partial charge is 0.497 e. The fourth-order valence-corrected chi connectivity index (χ4v) is 3.72. The van der Waals surface area contributed by atoms with E-state index in [2.05, 4.69) is 5.32 Å². The zero-order valence-corrected chi connectivity index (χ0v) is 17.7. The molecule has 1 saturated heterocycles. The third kappa shape index (κ3) is 5.17. The van der Waals surface area contributed by atoms with E-state index in [1.165, 1.54) is 0 Å². The highest BCUT2D eigenvalue weighted by molar-refractivity contribution is 6.00. The third-order valence-electron chi connectivity index (χ3n) is 5.14. The number of carbonyl (C=O) groups excluding carboxylic acids is 2. The summed E-state index contributed by atoms with van der Waals surface area (Å²) >= 11 is 0. The summed E-state index contributed by atoms with van der Waals surface area (Å²) in [5.41, 5.74) is 2.59. The lowest BCUT2D eigenvalue weighted by Gasteiger charge is -2.27. The Morgan fingerprint density at radius 1 is 1.10 bits per heavy atom. The van der Waals surface area contributed by atoms with Gasteiger partial charge in [-0.25, -0.2) is 0 Å². The van der Waals surface area contributed by atoms with Gasteiger partial charge in [0.1, 0.15) is 11.8 Å². The van der Waals surface area contributed by atoms with Crippen LogP contribution in [0, 0.1) is 5.41 Å². The Hall–Kier alpha value is -2.82. The Kier molecular flexibility index (Phi) is 6.26. The lowest BCUT2D eigenvalue weighted by Crippen LogP contribution is -2.44. The van der Waals surface area contributed by atoms with Crippen LogP contribution in [0.3, 0.4) is 0 Å². The summed E-state index contributed by atoms with van der Waals surface area (Å²) in [7, 11) is 1.64. The number of hydrogen-bond acceptors (Lipinski definition) is 3. The van der Waals surface area contributed by atoms with E-state index in [0.29, 0.717) is 19.4 Å². The third-order valence-corrected chi connectivity index (χ3v) is 5.14. The van der Waals surface area contributed by atoms with Crippen molar-refractivity contribution in [2.45, 2.75) is 46.1 Å². The number of carbonyl (C=O) groups is 2. The van der Waals surface area contributed by atoms with E-state index in [1.807, 2.05) is 69.3 Å². The van der Waals surface area contributed by atoms with E-state index in [9.17, 15) is 9.59 Å². The summed E-state index contributed by atoms with van der Waals surface area (Å²) in [6, 6.07) is 15.1. The van der Waals surface area contributed by atoms with E-state index in [4.69, 9.17) is 4.74 Å². The minimum atomic E-state index is -0.409. The van der Waals surface area contributed by atoms with Crippen LogP contribution >= 0.6 is 0 Å². The molecule has 0 aromatic heterocycles. The standard InChI is InChI=1S/C24H30N2O3/c1-24(2,3)16-22(27)26-15-7-10-21(26)23(28)25-20-9-6-5-8-19(20)17-11-13-18(29-4)14-12-17/h5-6,8-9,11-14,21H,7,10,15-16H2,1-4H3,(H,25,28)/t21-/m1/s1.